The molecule has 11 heteroatoms. The molecule has 0 bridgehead atoms. The van der Waals surface area contributed by atoms with Crippen LogP contribution in [0.1, 0.15) is 51.4 Å². The minimum absolute atomic E-state index is 0.163. The van der Waals surface area contributed by atoms with Crippen LogP contribution in [0.25, 0.3) is 0 Å². The molecule has 1 rings (SSSR count). The third kappa shape index (κ3) is 12.0. The summed E-state index contributed by atoms with van der Waals surface area (Å²) >= 11 is 0. The summed E-state index contributed by atoms with van der Waals surface area (Å²) in [6, 6.07) is 0. The van der Waals surface area contributed by atoms with Crippen LogP contribution in [-0.4, -0.2) is 85.5 Å². The number of carbonyl (C=O) groups excluding carboxylic acids is 3. The van der Waals surface area contributed by atoms with Gasteiger partial charge in [-0.15, -0.1) is 0 Å². The van der Waals surface area contributed by atoms with E-state index in [0.717, 1.165) is 57.9 Å². The summed E-state index contributed by atoms with van der Waals surface area (Å²) in [5.41, 5.74) is 5.38. The average Bonchev–Trinajstić information content (AvgIpc) is 3.30. The molecule has 1 aliphatic carbocycles. The Morgan fingerprint density at radius 2 is 1.45 bits per heavy atom. The van der Waals surface area contributed by atoms with Gasteiger partial charge in [0.25, 0.3) is 0 Å². The zero-order valence-corrected chi connectivity index (χ0v) is 19.6. The third-order valence-corrected chi connectivity index (χ3v) is 5.82. The van der Waals surface area contributed by atoms with Crippen molar-refractivity contribution in [2.24, 2.45) is 5.73 Å². The van der Waals surface area contributed by atoms with E-state index < -0.39 is 23.8 Å². The Hall–Kier alpha value is -2.21. The van der Waals surface area contributed by atoms with Crippen molar-refractivity contribution in [1.82, 2.24) is 26.6 Å². The molecule has 1 fully saturated rings. The molecular weight excluding hydrogens is 428 g/mol. The second-order valence-electron chi connectivity index (χ2n) is 8.46. The fourth-order valence-electron chi connectivity index (χ4n) is 3.82. The van der Waals surface area contributed by atoms with Gasteiger partial charge in [-0.05, 0) is 32.2 Å². The van der Waals surface area contributed by atoms with Crippen LogP contribution in [0.15, 0.2) is 12.3 Å². The Morgan fingerprint density at radius 1 is 0.879 bits per heavy atom. The topological polar surface area (TPSA) is 178 Å². The van der Waals surface area contributed by atoms with Crippen LogP contribution in [0.4, 0.5) is 0 Å². The highest BCUT2D eigenvalue weighted by molar-refractivity contribution is 5.88. The van der Waals surface area contributed by atoms with E-state index in [0.29, 0.717) is 12.2 Å². The lowest BCUT2D eigenvalue weighted by molar-refractivity contribution is -0.127. The molecule has 190 valence electrons. The number of nitrogens with two attached hydrogens (primary N) is 1. The first-order chi connectivity index (χ1) is 15.8. The molecule has 0 heterocycles. The van der Waals surface area contributed by atoms with Crippen molar-refractivity contribution in [2.45, 2.75) is 63.0 Å². The summed E-state index contributed by atoms with van der Waals surface area (Å²) in [7, 11) is 0. The Morgan fingerprint density at radius 3 is 2.06 bits per heavy atom. The van der Waals surface area contributed by atoms with Crippen molar-refractivity contribution >= 4 is 17.7 Å². The number of hydrogen-bond acceptors (Lipinski definition) is 8. The van der Waals surface area contributed by atoms with Crippen LogP contribution in [0, 0.1) is 0 Å². The third-order valence-electron chi connectivity index (χ3n) is 5.82. The predicted octanol–water partition coefficient (Wildman–Crippen LogP) is -1.79. The highest BCUT2D eigenvalue weighted by Crippen LogP contribution is 2.32. The van der Waals surface area contributed by atoms with Gasteiger partial charge in [-0.2, -0.15) is 0 Å². The first-order valence-corrected chi connectivity index (χ1v) is 11.8. The van der Waals surface area contributed by atoms with Gasteiger partial charge >= 0.3 is 0 Å². The smallest absolute Gasteiger partial charge is 0.239 e. The van der Waals surface area contributed by atoms with Crippen LogP contribution in [0.3, 0.4) is 0 Å². The number of aliphatic hydroxyl groups is 2. The summed E-state index contributed by atoms with van der Waals surface area (Å²) in [5, 5.41) is 33.7. The van der Waals surface area contributed by atoms with E-state index in [9.17, 15) is 19.5 Å². The quantitative estimate of drug-likeness (QED) is 0.108. The van der Waals surface area contributed by atoms with E-state index in [1.165, 1.54) is 0 Å². The van der Waals surface area contributed by atoms with Crippen molar-refractivity contribution < 1.29 is 24.6 Å². The van der Waals surface area contributed by atoms with Gasteiger partial charge in [0.2, 0.25) is 17.7 Å². The van der Waals surface area contributed by atoms with Crippen molar-refractivity contribution in [2.75, 3.05) is 45.9 Å². The fourth-order valence-corrected chi connectivity index (χ4v) is 3.82. The zero-order valence-electron chi connectivity index (χ0n) is 19.6. The molecule has 11 nitrogen and oxygen atoms in total. The molecule has 1 aliphatic rings. The van der Waals surface area contributed by atoms with Crippen molar-refractivity contribution in [3.63, 3.8) is 0 Å². The molecule has 1 saturated carbocycles. The molecule has 0 radical (unpaired) electrons. The van der Waals surface area contributed by atoms with Crippen molar-refractivity contribution in [3.8, 4) is 0 Å². The van der Waals surface area contributed by atoms with E-state index in [-0.39, 0.29) is 38.3 Å². The summed E-state index contributed by atoms with van der Waals surface area (Å²) < 4.78 is 0. The highest BCUT2D eigenvalue weighted by atomic mass is 16.3. The molecule has 3 amide bonds. The maximum absolute atomic E-state index is 11.9. The Labute approximate surface area is 196 Å². The number of aliphatic hydroxyl groups excluding tert-OH is 2. The maximum atomic E-state index is 11.9. The van der Waals surface area contributed by atoms with E-state index in [1.807, 2.05) is 0 Å². The Bertz CT molecular complexity index is 624. The molecule has 1 unspecified atom stereocenters. The minimum Gasteiger partial charge on any atom is -0.396 e. The monoisotopic (exact) mass is 470 g/mol. The second kappa shape index (κ2) is 16.4. The van der Waals surface area contributed by atoms with Gasteiger partial charge in [0.05, 0.1) is 32.3 Å². The highest BCUT2D eigenvalue weighted by Gasteiger charge is 2.39. The second-order valence-corrected chi connectivity index (χ2v) is 8.46. The van der Waals surface area contributed by atoms with E-state index in [4.69, 9.17) is 10.8 Å². The lowest BCUT2D eigenvalue weighted by atomic mass is 9.89. The minimum atomic E-state index is -0.590. The van der Waals surface area contributed by atoms with Gasteiger partial charge in [0.15, 0.2) is 0 Å². The Balaban J connectivity index is 2.26. The van der Waals surface area contributed by atoms with Crippen molar-refractivity contribution in [3.05, 3.63) is 12.3 Å². The molecule has 0 spiro atoms. The van der Waals surface area contributed by atoms with Gasteiger partial charge in [-0.3, -0.25) is 14.4 Å². The van der Waals surface area contributed by atoms with Crippen LogP contribution >= 0.6 is 0 Å². The number of amides is 3. The lowest BCUT2D eigenvalue weighted by Gasteiger charge is -2.36. The fraction of sp³-hybridized carbons (Fsp3) is 0.773. The van der Waals surface area contributed by atoms with Gasteiger partial charge < -0.3 is 42.5 Å². The first-order valence-electron chi connectivity index (χ1n) is 11.8. The summed E-state index contributed by atoms with van der Waals surface area (Å²) in [6.07, 6.45) is 7.30. The standard InChI is InChI=1S/C22H42N6O5/c1-17(13-25-20(32)16-27-21(33)15-26-19(31)12-23)24-14-18(30)22(8-4-5-9-22)28-10-6-2-3-7-11-29/h18,24,28-30H,1-16,23H2,(H,25,32)(H,26,31)(H,27,33). The van der Waals surface area contributed by atoms with E-state index in [1.54, 1.807) is 0 Å². The molecular formula is C22H42N6O5. The number of hydrogen-bond donors (Lipinski definition) is 8. The molecule has 0 aromatic rings. The van der Waals surface area contributed by atoms with E-state index >= 15 is 0 Å². The molecule has 9 N–H and O–H groups in total. The normalized spacial score (nSPS) is 15.5. The molecule has 0 saturated heterocycles. The Kier molecular flexibility index (Phi) is 14.3. The van der Waals surface area contributed by atoms with Gasteiger partial charge in [-0.1, -0.05) is 32.3 Å². The number of nitrogens with one attached hydrogen (secondary N) is 5. The first kappa shape index (κ1) is 28.8. The zero-order chi connectivity index (χ0) is 24.5. The molecule has 0 aromatic heterocycles. The van der Waals surface area contributed by atoms with Crippen LogP contribution in [-0.2, 0) is 14.4 Å². The van der Waals surface area contributed by atoms with Gasteiger partial charge in [0, 0.05) is 24.4 Å². The summed E-state index contributed by atoms with van der Waals surface area (Å²) in [6.45, 7) is 4.76. The molecule has 33 heavy (non-hydrogen) atoms. The van der Waals surface area contributed by atoms with Crippen LogP contribution in [0.2, 0.25) is 0 Å². The molecule has 1 atom stereocenters. The van der Waals surface area contributed by atoms with Crippen LogP contribution < -0.4 is 32.3 Å². The van der Waals surface area contributed by atoms with Crippen LogP contribution in [0.5, 0.6) is 0 Å². The predicted molar refractivity (Wildman–Crippen MR) is 126 cm³/mol. The summed E-state index contributed by atoms with van der Waals surface area (Å²) in [5.74, 6) is -1.34. The molecule has 0 aromatic carbocycles. The largest absolute Gasteiger partial charge is 0.396 e. The summed E-state index contributed by atoms with van der Waals surface area (Å²) in [4.78, 5) is 34.4. The van der Waals surface area contributed by atoms with Gasteiger partial charge in [-0.25, -0.2) is 0 Å². The number of carbonyl (C=O) groups is 3. The number of unbranched alkanes of at least 4 members (excludes halogenated alkanes) is 3. The van der Waals surface area contributed by atoms with Crippen molar-refractivity contribution in [1.29, 1.82) is 0 Å². The lowest BCUT2D eigenvalue weighted by Crippen LogP contribution is -2.56. The SMILES string of the molecule is C=C(CNC(=O)CNC(=O)CNC(=O)CN)NCC(O)C1(NCCCCCCO)CCCC1. The molecule has 0 aliphatic heterocycles. The maximum Gasteiger partial charge on any atom is 0.239 e. The number of rotatable bonds is 18. The van der Waals surface area contributed by atoms with Gasteiger partial charge in [0.1, 0.15) is 0 Å². The van der Waals surface area contributed by atoms with E-state index in [2.05, 4.69) is 33.2 Å². The average molecular weight is 471 g/mol.